The molecule has 0 fully saturated rings. The molecule has 0 aliphatic rings. The van der Waals surface area contributed by atoms with Crippen LogP contribution in [0.2, 0.25) is 0 Å². The molecule has 0 aromatic heterocycles. The van der Waals surface area contributed by atoms with Crippen molar-refractivity contribution in [1.82, 2.24) is 0 Å². The number of hydrogen-bond donors (Lipinski definition) is 2. The maximum Gasteiger partial charge on any atom is 0.279 e. The Balaban J connectivity index is 1.81. The molecule has 7 nitrogen and oxygen atoms in total. The van der Waals surface area contributed by atoms with E-state index in [0.717, 1.165) is 16.2 Å². The summed E-state index contributed by atoms with van der Waals surface area (Å²) in [5.41, 5.74) is 1.20. The minimum atomic E-state index is -0.479. The van der Waals surface area contributed by atoms with Crippen molar-refractivity contribution in [3.05, 3.63) is 64.2 Å². The third kappa shape index (κ3) is 5.89. The molecule has 25 heavy (non-hydrogen) atoms. The second-order valence-electron chi connectivity index (χ2n) is 5.85. The van der Waals surface area contributed by atoms with Crippen molar-refractivity contribution >= 4 is 17.3 Å². The molecule has 1 amide bonds. The van der Waals surface area contributed by atoms with Crippen LogP contribution < -0.4 is 15.0 Å². The second kappa shape index (κ2) is 8.79. The molecular formula is C18H22N3O4+. The highest BCUT2D eigenvalue weighted by Crippen LogP contribution is 2.21. The minimum absolute atomic E-state index is 0.0436. The second-order valence-corrected chi connectivity index (χ2v) is 5.85. The summed E-state index contributed by atoms with van der Waals surface area (Å²) < 4.78 is 5.61. The highest BCUT2D eigenvalue weighted by Gasteiger charge is 2.14. The number of nitro groups is 1. The first-order valence-electron chi connectivity index (χ1n) is 8.00. The lowest BCUT2D eigenvalue weighted by Gasteiger charge is -2.15. The molecule has 0 saturated heterocycles. The highest BCUT2D eigenvalue weighted by molar-refractivity contribution is 5.92. The number of rotatable bonds is 8. The maximum absolute atomic E-state index is 12.1. The van der Waals surface area contributed by atoms with Crippen LogP contribution in [-0.4, -0.2) is 37.6 Å². The molecule has 2 aromatic rings. The average molecular weight is 344 g/mol. The Morgan fingerprint density at radius 1 is 1.24 bits per heavy atom. The normalized spacial score (nSPS) is 11.6. The summed E-state index contributed by atoms with van der Waals surface area (Å²) in [4.78, 5) is 23.5. The van der Waals surface area contributed by atoms with Crippen LogP contribution in [0.25, 0.3) is 0 Å². The molecule has 0 aliphatic heterocycles. The fraction of sp³-hybridized carbons (Fsp3) is 0.278. The van der Waals surface area contributed by atoms with Gasteiger partial charge in [0, 0.05) is 12.1 Å². The lowest BCUT2D eigenvalue weighted by Crippen LogP contribution is -3.10. The number of ether oxygens (including phenoxy) is 1. The summed E-state index contributed by atoms with van der Waals surface area (Å²) >= 11 is 0. The van der Waals surface area contributed by atoms with E-state index in [4.69, 9.17) is 4.74 Å². The zero-order valence-corrected chi connectivity index (χ0v) is 14.3. The number of carbonyl (C=O) groups excluding carboxylic acids is 1. The molecule has 2 aromatic carbocycles. The first-order valence-corrected chi connectivity index (χ1v) is 8.00. The number of nitrogens with one attached hydrogen (secondary N) is 2. The van der Waals surface area contributed by atoms with Gasteiger partial charge >= 0.3 is 0 Å². The van der Waals surface area contributed by atoms with Crippen LogP contribution in [0.15, 0.2) is 48.5 Å². The van der Waals surface area contributed by atoms with Gasteiger partial charge in [0.2, 0.25) is 0 Å². The molecule has 2 rings (SSSR count). The third-order valence-electron chi connectivity index (χ3n) is 3.71. The van der Waals surface area contributed by atoms with Gasteiger partial charge in [-0.05, 0) is 24.6 Å². The van der Waals surface area contributed by atoms with Gasteiger partial charge in [0.15, 0.2) is 6.54 Å². The van der Waals surface area contributed by atoms with Crippen molar-refractivity contribution in [2.75, 3.05) is 32.1 Å². The standard InChI is InChI=1S/C18H21N3O4/c1-14-8-9-15(21(23)24)12-17(14)19-18(22)13-20(2)10-11-25-16-6-4-3-5-7-16/h3-9,12H,10-11,13H2,1-2H3,(H,19,22)/p+1. The van der Waals surface area contributed by atoms with Crippen LogP contribution in [-0.2, 0) is 4.79 Å². The molecule has 1 atom stereocenters. The van der Waals surface area contributed by atoms with Gasteiger partial charge in [0.05, 0.1) is 17.7 Å². The average Bonchev–Trinajstić information content (AvgIpc) is 2.57. The van der Waals surface area contributed by atoms with Crippen molar-refractivity contribution in [2.45, 2.75) is 6.92 Å². The van der Waals surface area contributed by atoms with E-state index in [2.05, 4.69) is 5.32 Å². The number of para-hydroxylation sites is 1. The lowest BCUT2D eigenvalue weighted by atomic mass is 10.2. The van der Waals surface area contributed by atoms with E-state index in [1.807, 2.05) is 37.4 Å². The molecule has 2 N–H and O–H groups in total. The molecule has 0 spiro atoms. The SMILES string of the molecule is Cc1ccc([N+](=O)[O-])cc1NC(=O)C[NH+](C)CCOc1ccccc1. The quantitative estimate of drug-likeness (QED) is 0.560. The van der Waals surface area contributed by atoms with Crippen LogP contribution in [0.1, 0.15) is 5.56 Å². The van der Waals surface area contributed by atoms with Crippen LogP contribution in [0.3, 0.4) is 0 Å². The Morgan fingerprint density at radius 3 is 2.64 bits per heavy atom. The number of quaternary nitrogens is 1. The molecule has 7 heteroatoms. The largest absolute Gasteiger partial charge is 0.488 e. The Kier molecular flexibility index (Phi) is 6.47. The number of likely N-dealkylation sites (N-methyl/N-ethyl adjacent to an activating group) is 1. The van der Waals surface area contributed by atoms with Gasteiger partial charge in [-0.15, -0.1) is 0 Å². The highest BCUT2D eigenvalue weighted by atomic mass is 16.6. The summed E-state index contributed by atoms with van der Waals surface area (Å²) in [6.45, 7) is 3.21. The molecular weight excluding hydrogens is 322 g/mol. The number of aryl methyl sites for hydroxylation is 1. The third-order valence-corrected chi connectivity index (χ3v) is 3.71. The number of nitro benzene ring substituents is 1. The Bertz CT molecular complexity index is 734. The number of non-ortho nitro benzene ring substituents is 1. The van der Waals surface area contributed by atoms with Gasteiger partial charge in [-0.3, -0.25) is 14.9 Å². The van der Waals surface area contributed by atoms with Crippen LogP contribution in [0.5, 0.6) is 5.75 Å². The first kappa shape index (κ1) is 18.4. The van der Waals surface area contributed by atoms with Crippen molar-refractivity contribution < 1.29 is 19.4 Å². The summed E-state index contributed by atoms with van der Waals surface area (Å²) in [5.74, 6) is 0.604. The van der Waals surface area contributed by atoms with Crippen LogP contribution in [0, 0.1) is 17.0 Å². The first-order chi connectivity index (χ1) is 12.0. The van der Waals surface area contributed by atoms with Crippen molar-refractivity contribution in [1.29, 1.82) is 0 Å². The number of hydrogen-bond acceptors (Lipinski definition) is 4. The Hall–Kier alpha value is -2.93. The van der Waals surface area contributed by atoms with E-state index in [0.29, 0.717) is 18.8 Å². The summed E-state index contributed by atoms with van der Waals surface area (Å²) in [6.07, 6.45) is 0. The van der Waals surface area contributed by atoms with Crippen molar-refractivity contribution in [3.8, 4) is 5.75 Å². The van der Waals surface area contributed by atoms with Gasteiger partial charge in [-0.25, -0.2) is 0 Å². The zero-order chi connectivity index (χ0) is 18.2. The molecule has 0 saturated carbocycles. The van der Waals surface area contributed by atoms with Gasteiger partial charge in [-0.1, -0.05) is 24.3 Å². The maximum atomic E-state index is 12.1. The smallest absolute Gasteiger partial charge is 0.279 e. The van der Waals surface area contributed by atoms with Gasteiger partial charge < -0.3 is 15.0 Å². The van der Waals surface area contributed by atoms with E-state index in [1.165, 1.54) is 12.1 Å². The number of anilines is 1. The van der Waals surface area contributed by atoms with Gasteiger partial charge in [0.25, 0.3) is 11.6 Å². The van der Waals surface area contributed by atoms with Crippen molar-refractivity contribution in [2.24, 2.45) is 0 Å². The number of amides is 1. The summed E-state index contributed by atoms with van der Waals surface area (Å²) in [5, 5.41) is 13.6. The predicted molar refractivity (Wildman–Crippen MR) is 95.0 cm³/mol. The fourth-order valence-corrected chi connectivity index (χ4v) is 2.27. The van der Waals surface area contributed by atoms with Gasteiger partial charge in [-0.2, -0.15) is 0 Å². The zero-order valence-electron chi connectivity index (χ0n) is 14.3. The minimum Gasteiger partial charge on any atom is -0.488 e. The Morgan fingerprint density at radius 2 is 1.96 bits per heavy atom. The Labute approximate surface area is 146 Å². The topological polar surface area (TPSA) is 85.9 Å². The number of nitrogens with zero attached hydrogens (tertiary/aromatic N) is 1. The van der Waals surface area contributed by atoms with E-state index >= 15 is 0 Å². The molecule has 0 radical (unpaired) electrons. The van der Waals surface area contributed by atoms with Crippen LogP contribution >= 0.6 is 0 Å². The molecule has 132 valence electrons. The monoisotopic (exact) mass is 344 g/mol. The summed E-state index contributed by atoms with van der Waals surface area (Å²) in [7, 11) is 1.90. The van der Waals surface area contributed by atoms with E-state index in [1.54, 1.807) is 13.0 Å². The molecule has 1 unspecified atom stereocenters. The lowest BCUT2D eigenvalue weighted by molar-refractivity contribution is -0.871. The van der Waals surface area contributed by atoms with Crippen molar-refractivity contribution in [3.63, 3.8) is 0 Å². The summed E-state index contributed by atoms with van der Waals surface area (Å²) in [6, 6.07) is 13.9. The molecule has 0 bridgehead atoms. The van der Waals surface area contributed by atoms with E-state index in [-0.39, 0.29) is 18.1 Å². The molecule has 0 heterocycles. The van der Waals surface area contributed by atoms with E-state index in [9.17, 15) is 14.9 Å². The number of carbonyl (C=O) groups is 1. The van der Waals surface area contributed by atoms with Gasteiger partial charge in [0.1, 0.15) is 18.9 Å². The predicted octanol–water partition coefficient (Wildman–Crippen LogP) is 1.44. The fourth-order valence-electron chi connectivity index (χ4n) is 2.27. The molecule has 0 aliphatic carbocycles. The number of benzene rings is 2. The van der Waals surface area contributed by atoms with E-state index < -0.39 is 4.92 Å². The van der Waals surface area contributed by atoms with Crippen LogP contribution in [0.4, 0.5) is 11.4 Å².